The quantitative estimate of drug-likeness (QED) is 0.875. The number of hydrogen-bond acceptors (Lipinski definition) is 2. The van der Waals surface area contributed by atoms with Crippen LogP contribution in [-0.4, -0.2) is 36.3 Å². The van der Waals surface area contributed by atoms with Gasteiger partial charge in [0.15, 0.2) is 0 Å². The Morgan fingerprint density at radius 2 is 1.73 bits per heavy atom. The minimum atomic E-state index is -4.39. The number of rotatable bonds is 6. The lowest BCUT2D eigenvalue weighted by molar-refractivity contribution is -0.137. The Morgan fingerprint density at radius 1 is 1.14 bits per heavy atom. The summed E-state index contributed by atoms with van der Waals surface area (Å²) >= 11 is 0. The molecule has 122 valence electrons. The molecule has 0 unspecified atom stereocenters. The Morgan fingerprint density at radius 3 is 2.18 bits per heavy atom. The van der Waals surface area contributed by atoms with Gasteiger partial charge in [-0.2, -0.15) is 13.2 Å². The monoisotopic (exact) mass is 316 g/mol. The van der Waals surface area contributed by atoms with E-state index in [4.69, 9.17) is 0 Å². The van der Waals surface area contributed by atoms with E-state index in [0.717, 1.165) is 12.1 Å². The highest BCUT2D eigenvalue weighted by atomic mass is 19.4. The smallest absolute Gasteiger partial charge is 0.355 e. The summed E-state index contributed by atoms with van der Waals surface area (Å²) in [5.74, 6) is -0.557. The Balaban J connectivity index is 2.68. The molecule has 0 aromatic heterocycles. The molecule has 0 heterocycles. The van der Waals surface area contributed by atoms with Gasteiger partial charge in [0.1, 0.15) is 0 Å². The summed E-state index contributed by atoms with van der Waals surface area (Å²) in [5.41, 5.74) is -0.272. The molecule has 1 N–H and O–H groups in total. The first-order valence-corrected chi connectivity index (χ1v) is 6.98. The lowest BCUT2D eigenvalue weighted by Gasteiger charge is -2.20. The van der Waals surface area contributed by atoms with E-state index < -0.39 is 11.7 Å². The predicted octanol–water partition coefficient (Wildman–Crippen LogP) is 2.23. The van der Waals surface area contributed by atoms with Crippen LogP contribution < -0.4 is 5.32 Å². The first-order valence-electron chi connectivity index (χ1n) is 6.98. The number of nitrogens with zero attached hydrogens (tertiary/aromatic N) is 1. The highest BCUT2D eigenvalue weighted by Crippen LogP contribution is 2.29. The summed E-state index contributed by atoms with van der Waals surface area (Å²) in [6.07, 6.45) is -4.43. The number of halogens is 3. The topological polar surface area (TPSA) is 49.4 Å². The molecule has 1 aromatic carbocycles. The standard InChI is InChI=1S/C15H19F3N2O2/c1-3-19-13(21)10-20(4-2)14(22)9-11-5-7-12(8-6-11)15(16,17)18/h5-8H,3-4,9-10H2,1-2H3,(H,19,21). The predicted molar refractivity (Wildman–Crippen MR) is 76.1 cm³/mol. The van der Waals surface area contributed by atoms with Crippen LogP contribution in [0.25, 0.3) is 0 Å². The van der Waals surface area contributed by atoms with Gasteiger partial charge in [0.05, 0.1) is 18.5 Å². The molecule has 22 heavy (non-hydrogen) atoms. The average Bonchev–Trinajstić information content (AvgIpc) is 2.44. The van der Waals surface area contributed by atoms with Crippen molar-refractivity contribution in [2.75, 3.05) is 19.6 Å². The van der Waals surface area contributed by atoms with Gasteiger partial charge in [-0.1, -0.05) is 12.1 Å². The molecule has 1 rings (SSSR count). The van der Waals surface area contributed by atoms with Crippen molar-refractivity contribution in [3.8, 4) is 0 Å². The number of nitrogens with one attached hydrogen (secondary N) is 1. The number of alkyl halides is 3. The first kappa shape index (κ1) is 18.0. The van der Waals surface area contributed by atoms with Crippen molar-refractivity contribution in [3.63, 3.8) is 0 Å². The fourth-order valence-corrected chi connectivity index (χ4v) is 1.90. The summed E-state index contributed by atoms with van der Waals surface area (Å²) < 4.78 is 37.4. The van der Waals surface area contributed by atoms with E-state index in [2.05, 4.69) is 5.32 Å². The number of carbonyl (C=O) groups is 2. The molecule has 7 heteroatoms. The fourth-order valence-electron chi connectivity index (χ4n) is 1.90. The van der Waals surface area contributed by atoms with E-state index in [1.807, 2.05) is 0 Å². The second-order valence-corrected chi connectivity index (χ2v) is 4.73. The molecule has 1 aromatic rings. The summed E-state index contributed by atoms with van der Waals surface area (Å²) in [5, 5.41) is 2.60. The molecule has 0 aliphatic heterocycles. The molecular formula is C15H19F3N2O2. The van der Waals surface area contributed by atoms with E-state index in [0.29, 0.717) is 18.7 Å². The molecular weight excluding hydrogens is 297 g/mol. The van der Waals surface area contributed by atoms with Crippen LogP contribution >= 0.6 is 0 Å². The third-order valence-corrected chi connectivity index (χ3v) is 3.08. The molecule has 0 saturated heterocycles. The Labute approximate surface area is 127 Å². The van der Waals surface area contributed by atoms with Crippen molar-refractivity contribution in [1.29, 1.82) is 0 Å². The third-order valence-electron chi connectivity index (χ3n) is 3.08. The fraction of sp³-hybridized carbons (Fsp3) is 0.467. The van der Waals surface area contributed by atoms with E-state index >= 15 is 0 Å². The van der Waals surface area contributed by atoms with Crippen molar-refractivity contribution < 1.29 is 22.8 Å². The lowest BCUT2D eigenvalue weighted by Crippen LogP contribution is -2.41. The van der Waals surface area contributed by atoms with Crippen LogP contribution in [-0.2, 0) is 22.2 Å². The van der Waals surface area contributed by atoms with Crippen LogP contribution in [0.3, 0.4) is 0 Å². The van der Waals surface area contributed by atoms with Gasteiger partial charge < -0.3 is 10.2 Å². The maximum Gasteiger partial charge on any atom is 0.416 e. The van der Waals surface area contributed by atoms with Gasteiger partial charge in [-0.3, -0.25) is 9.59 Å². The van der Waals surface area contributed by atoms with Gasteiger partial charge in [0, 0.05) is 13.1 Å². The van der Waals surface area contributed by atoms with Gasteiger partial charge >= 0.3 is 6.18 Å². The SMILES string of the molecule is CCNC(=O)CN(CC)C(=O)Cc1ccc(C(F)(F)F)cc1. The Kier molecular flexibility index (Phi) is 6.39. The van der Waals surface area contributed by atoms with Gasteiger partial charge in [0.25, 0.3) is 0 Å². The van der Waals surface area contributed by atoms with Crippen molar-refractivity contribution >= 4 is 11.8 Å². The number of amides is 2. The second-order valence-electron chi connectivity index (χ2n) is 4.73. The molecule has 4 nitrogen and oxygen atoms in total. The van der Waals surface area contributed by atoms with E-state index in [1.54, 1.807) is 13.8 Å². The van der Waals surface area contributed by atoms with Gasteiger partial charge in [-0.05, 0) is 31.5 Å². The molecule has 0 saturated carbocycles. The van der Waals surface area contributed by atoms with Crippen molar-refractivity contribution in [3.05, 3.63) is 35.4 Å². The molecule has 0 fully saturated rings. The minimum Gasteiger partial charge on any atom is -0.355 e. The zero-order valence-corrected chi connectivity index (χ0v) is 12.5. The largest absolute Gasteiger partial charge is 0.416 e. The zero-order valence-electron chi connectivity index (χ0n) is 12.5. The van der Waals surface area contributed by atoms with E-state index in [-0.39, 0.29) is 24.8 Å². The summed E-state index contributed by atoms with van der Waals surface area (Å²) in [4.78, 5) is 24.9. The highest BCUT2D eigenvalue weighted by Gasteiger charge is 2.30. The Bertz CT molecular complexity index is 513. The maximum atomic E-state index is 12.5. The molecule has 0 aliphatic rings. The lowest BCUT2D eigenvalue weighted by atomic mass is 10.1. The van der Waals surface area contributed by atoms with Crippen molar-refractivity contribution in [1.82, 2.24) is 10.2 Å². The second kappa shape index (κ2) is 7.82. The molecule has 0 bridgehead atoms. The minimum absolute atomic E-state index is 0.0363. The van der Waals surface area contributed by atoms with Crippen molar-refractivity contribution in [2.24, 2.45) is 0 Å². The maximum absolute atomic E-state index is 12.5. The zero-order chi connectivity index (χ0) is 16.8. The van der Waals surface area contributed by atoms with Crippen LogP contribution in [0.15, 0.2) is 24.3 Å². The average molecular weight is 316 g/mol. The summed E-state index contributed by atoms with van der Waals surface area (Å²) in [6.45, 7) is 4.30. The van der Waals surface area contributed by atoms with E-state index in [1.165, 1.54) is 17.0 Å². The molecule has 2 amide bonds. The van der Waals surface area contributed by atoms with Crippen molar-refractivity contribution in [2.45, 2.75) is 26.4 Å². The summed E-state index contributed by atoms with van der Waals surface area (Å²) in [6, 6.07) is 4.45. The van der Waals surface area contributed by atoms with Crippen LogP contribution in [0.2, 0.25) is 0 Å². The normalized spacial score (nSPS) is 11.1. The number of hydrogen-bond donors (Lipinski definition) is 1. The van der Waals surface area contributed by atoms with Gasteiger partial charge in [-0.15, -0.1) is 0 Å². The molecule has 0 radical (unpaired) electrons. The number of carbonyl (C=O) groups excluding carboxylic acids is 2. The molecule has 0 aliphatic carbocycles. The first-order chi connectivity index (χ1) is 10.3. The highest BCUT2D eigenvalue weighted by molar-refractivity contribution is 5.85. The van der Waals surface area contributed by atoms with Crippen LogP contribution in [0, 0.1) is 0 Å². The molecule has 0 atom stereocenters. The number of benzene rings is 1. The van der Waals surface area contributed by atoms with E-state index in [9.17, 15) is 22.8 Å². The van der Waals surface area contributed by atoms with Crippen LogP contribution in [0.4, 0.5) is 13.2 Å². The third kappa shape index (κ3) is 5.38. The summed E-state index contributed by atoms with van der Waals surface area (Å²) in [7, 11) is 0. The Hall–Kier alpha value is -2.05. The number of likely N-dealkylation sites (N-methyl/N-ethyl adjacent to an activating group) is 2. The van der Waals surface area contributed by atoms with Gasteiger partial charge in [0.2, 0.25) is 11.8 Å². The van der Waals surface area contributed by atoms with Crippen LogP contribution in [0.1, 0.15) is 25.0 Å². The van der Waals surface area contributed by atoms with Crippen LogP contribution in [0.5, 0.6) is 0 Å². The van der Waals surface area contributed by atoms with Gasteiger partial charge in [-0.25, -0.2) is 0 Å². The molecule has 0 spiro atoms.